The number of nitrogens with two attached hydrogens (primary N) is 1. The molecule has 0 aliphatic carbocycles. The summed E-state index contributed by atoms with van der Waals surface area (Å²) in [5.41, 5.74) is 6.19. The molecule has 102 valence electrons. The summed E-state index contributed by atoms with van der Waals surface area (Å²) < 4.78 is 6.79. The molecule has 0 aromatic carbocycles. The van der Waals surface area contributed by atoms with E-state index >= 15 is 0 Å². The third-order valence-electron chi connectivity index (χ3n) is 2.83. The van der Waals surface area contributed by atoms with E-state index in [0.29, 0.717) is 19.0 Å². The predicted molar refractivity (Wildman–Crippen MR) is 75.4 cm³/mol. The highest BCUT2D eigenvalue weighted by Crippen LogP contribution is 2.17. The molecule has 2 heterocycles. The zero-order valence-electron chi connectivity index (χ0n) is 11.0. The predicted octanol–water partition coefficient (Wildman–Crippen LogP) is 2.25. The number of esters is 1. The van der Waals surface area contributed by atoms with Gasteiger partial charge in [0.1, 0.15) is 11.6 Å². The Morgan fingerprint density at radius 2 is 2.37 bits per heavy atom. The Labute approximate surface area is 116 Å². The quantitative estimate of drug-likeness (QED) is 0.852. The van der Waals surface area contributed by atoms with Gasteiger partial charge in [0.25, 0.3) is 0 Å². The van der Waals surface area contributed by atoms with Crippen molar-refractivity contribution in [3.8, 4) is 0 Å². The zero-order valence-corrected chi connectivity index (χ0v) is 11.9. The summed E-state index contributed by atoms with van der Waals surface area (Å²) in [4.78, 5) is 17.2. The Kier molecular flexibility index (Phi) is 4.21. The number of anilines is 1. The Hall–Kier alpha value is -1.82. The molecule has 0 aliphatic rings. The van der Waals surface area contributed by atoms with Gasteiger partial charge in [0.2, 0.25) is 0 Å². The molecule has 2 aromatic rings. The summed E-state index contributed by atoms with van der Waals surface area (Å²) >= 11 is 1.71. The highest BCUT2D eigenvalue weighted by atomic mass is 32.1. The first kappa shape index (κ1) is 13.6. The van der Waals surface area contributed by atoms with Crippen LogP contribution in [0.5, 0.6) is 0 Å². The normalized spacial score (nSPS) is 10.6. The van der Waals surface area contributed by atoms with Crippen LogP contribution in [0.15, 0.2) is 17.5 Å². The van der Waals surface area contributed by atoms with Crippen LogP contribution in [0.2, 0.25) is 0 Å². The zero-order chi connectivity index (χ0) is 13.8. The second-order valence-electron chi connectivity index (χ2n) is 4.09. The van der Waals surface area contributed by atoms with Crippen LogP contribution >= 0.6 is 11.3 Å². The summed E-state index contributed by atoms with van der Waals surface area (Å²) in [5.74, 6) is 0.655. The minimum Gasteiger partial charge on any atom is -0.461 e. The van der Waals surface area contributed by atoms with Gasteiger partial charge in [-0.2, -0.15) is 0 Å². The van der Waals surface area contributed by atoms with Crippen molar-refractivity contribution in [1.82, 2.24) is 9.55 Å². The lowest BCUT2D eigenvalue weighted by molar-refractivity contribution is 0.0521. The second kappa shape index (κ2) is 5.88. The highest BCUT2D eigenvalue weighted by molar-refractivity contribution is 7.09. The largest absolute Gasteiger partial charge is 0.461 e. The number of imidazole rings is 1. The molecule has 0 atom stereocenters. The van der Waals surface area contributed by atoms with Crippen LogP contribution in [-0.2, 0) is 17.7 Å². The number of rotatable bonds is 5. The summed E-state index contributed by atoms with van der Waals surface area (Å²) in [6.07, 6.45) is 0.876. The van der Waals surface area contributed by atoms with Crippen molar-refractivity contribution in [2.75, 3.05) is 12.3 Å². The SMILES string of the molecule is CCOC(=O)c1nc(C)n(CCc2cccs2)c1N. The first-order chi connectivity index (χ1) is 9.13. The summed E-state index contributed by atoms with van der Waals surface area (Å²) in [6, 6.07) is 4.10. The third-order valence-corrected chi connectivity index (χ3v) is 3.76. The van der Waals surface area contributed by atoms with Crippen molar-refractivity contribution in [3.05, 3.63) is 33.9 Å². The fraction of sp³-hybridized carbons (Fsp3) is 0.385. The van der Waals surface area contributed by atoms with Crippen LogP contribution in [0.1, 0.15) is 28.1 Å². The smallest absolute Gasteiger partial charge is 0.360 e. The number of aryl methyl sites for hydroxylation is 2. The van der Waals surface area contributed by atoms with Gasteiger partial charge in [-0.25, -0.2) is 9.78 Å². The first-order valence-corrected chi connectivity index (χ1v) is 7.03. The summed E-state index contributed by atoms with van der Waals surface area (Å²) in [6.45, 7) is 4.63. The average molecular weight is 279 g/mol. The van der Waals surface area contributed by atoms with Crippen molar-refractivity contribution < 1.29 is 9.53 Å². The van der Waals surface area contributed by atoms with Crippen LogP contribution in [0, 0.1) is 6.92 Å². The van der Waals surface area contributed by atoms with Crippen LogP contribution in [0.3, 0.4) is 0 Å². The maximum atomic E-state index is 11.7. The molecule has 0 fully saturated rings. The van der Waals surface area contributed by atoms with Gasteiger partial charge in [0.15, 0.2) is 5.69 Å². The van der Waals surface area contributed by atoms with Crippen molar-refractivity contribution >= 4 is 23.1 Å². The van der Waals surface area contributed by atoms with E-state index in [4.69, 9.17) is 10.5 Å². The van der Waals surface area contributed by atoms with Crippen molar-refractivity contribution in [2.24, 2.45) is 0 Å². The van der Waals surface area contributed by atoms with Gasteiger partial charge >= 0.3 is 5.97 Å². The fourth-order valence-electron chi connectivity index (χ4n) is 1.89. The first-order valence-electron chi connectivity index (χ1n) is 6.15. The molecule has 0 saturated heterocycles. The van der Waals surface area contributed by atoms with E-state index in [9.17, 15) is 4.79 Å². The van der Waals surface area contributed by atoms with E-state index in [1.165, 1.54) is 4.88 Å². The lowest BCUT2D eigenvalue weighted by Crippen LogP contribution is -2.11. The molecule has 6 heteroatoms. The summed E-state index contributed by atoms with van der Waals surface area (Å²) in [5, 5.41) is 2.05. The highest BCUT2D eigenvalue weighted by Gasteiger charge is 2.19. The molecule has 0 bridgehead atoms. The number of nitrogens with zero attached hydrogens (tertiary/aromatic N) is 2. The molecular formula is C13H17N3O2S. The standard InChI is InChI=1S/C13H17N3O2S/c1-3-18-13(17)11-12(14)16(9(2)15-11)7-6-10-5-4-8-19-10/h4-5,8H,3,6-7,14H2,1-2H3. The van der Waals surface area contributed by atoms with E-state index in [-0.39, 0.29) is 5.69 Å². The molecule has 2 rings (SSSR count). The number of ether oxygens (including phenoxy) is 1. The average Bonchev–Trinajstić information content (AvgIpc) is 2.97. The Morgan fingerprint density at radius 3 is 3.00 bits per heavy atom. The maximum Gasteiger partial charge on any atom is 0.360 e. The molecular weight excluding hydrogens is 262 g/mol. The van der Waals surface area contributed by atoms with E-state index in [2.05, 4.69) is 11.1 Å². The van der Waals surface area contributed by atoms with Crippen LogP contribution in [0.4, 0.5) is 5.82 Å². The number of hydrogen-bond donors (Lipinski definition) is 1. The molecule has 0 unspecified atom stereocenters. The Morgan fingerprint density at radius 1 is 1.58 bits per heavy atom. The van der Waals surface area contributed by atoms with Crippen molar-refractivity contribution in [3.63, 3.8) is 0 Å². The molecule has 5 nitrogen and oxygen atoms in total. The lowest BCUT2D eigenvalue weighted by Gasteiger charge is -2.06. The maximum absolute atomic E-state index is 11.7. The van der Waals surface area contributed by atoms with Crippen molar-refractivity contribution in [1.29, 1.82) is 0 Å². The molecule has 0 radical (unpaired) electrons. The molecule has 0 saturated carbocycles. The molecule has 2 aromatic heterocycles. The number of hydrogen-bond acceptors (Lipinski definition) is 5. The number of carbonyl (C=O) groups excluding carboxylic acids is 1. The molecule has 0 amide bonds. The number of nitrogen functional groups attached to an aromatic ring is 1. The minimum absolute atomic E-state index is 0.213. The van der Waals surface area contributed by atoms with Crippen molar-refractivity contribution in [2.45, 2.75) is 26.8 Å². The van der Waals surface area contributed by atoms with Gasteiger partial charge in [0.05, 0.1) is 6.61 Å². The van der Waals surface area contributed by atoms with E-state index in [0.717, 1.165) is 12.2 Å². The van der Waals surface area contributed by atoms with Crippen LogP contribution in [0.25, 0.3) is 0 Å². The van der Waals surface area contributed by atoms with E-state index in [1.807, 2.05) is 22.9 Å². The Balaban J connectivity index is 2.14. The van der Waals surface area contributed by atoms with Gasteiger partial charge in [-0.3, -0.25) is 0 Å². The van der Waals surface area contributed by atoms with Gasteiger partial charge < -0.3 is 15.0 Å². The van der Waals surface area contributed by atoms with E-state index < -0.39 is 5.97 Å². The monoisotopic (exact) mass is 279 g/mol. The van der Waals surface area contributed by atoms with Crippen LogP contribution < -0.4 is 5.73 Å². The minimum atomic E-state index is -0.460. The molecule has 0 aliphatic heterocycles. The second-order valence-corrected chi connectivity index (χ2v) is 5.13. The third kappa shape index (κ3) is 2.96. The van der Waals surface area contributed by atoms with Gasteiger partial charge in [-0.1, -0.05) is 6.07 Å². The summed E-state index contributed by atoms with van der Waals surface area (Å²) in [7, 11) is 0. The van der Waals surface area contributed by atoms with Crippen LogP contribution in [-0.4, -0.2) is 22.1 Å². The molecule has 19 heavy (non-hydrogen) atoms. The topological polar surface area (TPSA) is 70.1 Å². The molecule has 2 N–H and O–H groups in total. The van der Waals surface area contributed by atoms with Gasteiger partial charge in [0, 0.05) is 11.4 Å². The van der Waals surface area contributed by atoms with E-state index in [1.54, 1.807) is 18.3 Å². The van der Waals surface area contributed by atoms with Gasteiger partial charge in [-0.05, 0) is 31.7 Å². The number of aromatic nitrogens is 2. The molecule has 0 spiro atoms. The fourth-order valence-corrected chi connectivity index (χ4v) is 2.59. The Bertz CT molecular complexity index is 561. The lowest BCUT2D eigenvalue weighted by atomic mass is 10.3. The number of carbonyl (C=O) groups is 1. The number of thiophene rings is 1. The van der Waals surface area contributed by atoms with Gasteiger partial charge in [-0.15, -0.1) is 11.3 Å².